The van der Waals surface area contributed by atoms with Crippen molar-refractivity contribution in [1.29, 1.82) is 0 Å². The second-order valence-corrected chi connectivity index (χ2v) is 6.80. The Morgan fingerprint density at radius 1 is 1.22 bits per heavy atom. The number of carbonyl (C=O) groups is 3. The monoisotopic (exact) mass is 434 g/mol. The molecule has 1 heterocycles. The highest BCUT2D eigenvalue weighted by Gasteiger charge is 2.22. The first-order valence-electron chi connectivity index (χ1n) is 8.26. The van der Waals surface area contributed by atoms with Gasteiger partial charge in [0.1, 0.15) is 5.82 Å². The van der Waals surface area contributed by atoms with Gasteiger partial charge in [0.15, 0.2) is 6.61 Å². The van der Waals surface area contributed by atoms with E-state index in [1.807, 2.05) is 0 Å². The largest absolute Gasteiger partial charge is 0.452 e. The lowest BCUT2D eigenvalue weighted by Gasteiger charge is -2.16. The van der Waals surface area contributed by atoms with Crippen LogP contribution in [0.3, 0.4) is 0 Å². The number of amides is 2. The van der Waals surface area contributed by atoms with Crippen molar-refractivity contribution in [1.82, 2.24) is 0 Å². The summed E-state index contributed by atoms with van der Waals surface area (Å²) in [4.78, 5) is 37.5. The molecule has 8 heteroatoms. The van der Waals surface area contributed by atoms with Gasteiger partial charge in [0.05, 0.1) is 5.56 Å². The Morgan fingerprint density at radius 2 is 2.04 bits per heavy atom. The van der Waals surface area contributed by atoms with Crippen molar-refractivity contribution < 1.29 is 23.5 Å². The van der Waals surface area contributed by atoms with Crippen LogP contribution in [0.1, 0.15) is 23.2 Å². The summed E-state index contributed by atoms with van der Waals surface area (Å²) >= 11 is 3.08. The number of nitrogens with one attached hydrogen (secondary N) is 1. The van der Waals surface area contributed by atoms with Gasteiger partial charge >= 0.3 is 5.97 Å². The fourth-order valence-corrected chi connectivity index (χ4v) is 3.25. The zero-order valence-corrected chi connectivity index (χ0v) is 15.8. The molecule has 0 atom stereocenters. The highest BCUT2D eigenvalue weighted by atomic mass is 79.9. The number of ether oxygens (including phenoxy) is 1. The minimum atomic E-state index is -0.742. The molecule has 0 unspecified atom stereocenters. The van der Waals surface area contributed by atoms with Crippen molar-refractivity contribution in [3.05, 3.63) is 58.3 Å². The van der Waals surface area contributed by atoms with Gasteiger partial charge in [-0.15, -0.1) is 0 Å². The quantitative estimate of drug-likeness (QED) is 0.730. The maximum atomic E-state index is 13.1. The minimum Gasteiger partial charge on any atom is -0.452 e. The molecule has 0 radical (unpaired) electrons. The number of benzene rings is 2. The number of esters is 1. The van der Waals surface area contributed by atoms with Crippen molar-refractivity contribution in [2.75, 3.05) is 23.4 Å². The van der Waals surface area contributed by atoms with Gasteiger partial charge in [-0.05, 0) is 58.7 Å². The van der Waals surface area contributed by atoms with Crippen LogP contribution in [0.15, 0.2) is 46.9 Å². The van der Waals surface area contributed by atoms with Crippen LogP contribution in [0.4, 0.5) is 15.8 Å². The van der Waals surface area contributed by atoms with Crippen molar-refractivity contribution in [2.45, 2.75) is 12.8 Å². The Bertz CT molecular complexity index is 903. The number of halogens is 2. The van der Waals surface area contributed by atoms with Crippen molar-refractivity contribution in [3.63, 3.8) is 0 Å². The number of rotatable bonds is 5. The third-order valence-corrected chi connectivity index (χ3v) is 4.66. The lowest BCUT2D eigenvalue weighted by molar-refractivity contribution is -0.119. The summed E-state index contributed by atoms with van der Waals surface area (Å²) < 4.78 is 18.3. The smallest absolute Gasteiger partial charge is 0.339 e. The van der Waals surface area contributed by atoms with E-state index in [0.717, 1.165) is 18.6 Å². The van der Waals surface area contributed by atoms with Crippen LogP contribution in [0, 0.1) is 5.82 Å². The Kier molecular flexibility index (Phi) is 5.85. The van der Waals surface area contributed by atoms with Crippen molar-refractivity contribution in [2.24, 2.45) is 0 Å². The topological polar surface area (TPSA) is 75.7 Å². The van der Waals surface area contributed by atoms with Crippen LogP contribution < -0.4 is 10.2 Å². The zero-order chi connectivity index (χ0) is 19.4. The fourth-order valence-electron chi connectivity index (χ4n) is 2.73. The molecule has 0 spiro atoms. The molecule has 0 aromatic heterocycles. The molecule has 1 saturated heterocycles. The van der Waals surface area contributed by atoms with Gasteiger partial charge in [-0.25, -0.2) is 9.18 Å². The van der Waals surface area contributed by atoms with Crippen LogP contribution in [-0.2, 0) is 14.3 Å². The van der Waals surface area contributed by atoms with E-state index < -0.39 is 24.3 Å². The first kappa shape index (κ1) is 19.0. The summed E-state index contributed by atoms with van der Waals surface area (Å²) in [5.74, 6) is -1.70. The zero-order valence-electron chi connectivity index (χ0n) is 14.2. The molecule has 1 fully saturated rings. The third kappa shape index (κ3) is 4.71. The normalized spacial score (nSPS) is 13.6. The Balaban J connectivity index is 1.58. The molecule has 3 rings (SSSR count). The van der Waals surface area contributed by atoms with Crippen LogP contribution in [-0.4, -0.2) is 30.9 Å². The van der Waals surface area contributed by atoms with Crippen LogP contribution in [0.2, 0.25) is 0 Å². The summed E-state index contributed by atoms with van der Waals surface area (Å²) in [7, 11) is 0. The van der Waals surface area contributed by atoms with Crippen LogP contribution in [0.25, 0.3) is 0 Å². The SMILES string of the molecule is O=C(COC(=O)c1ccc(F)cc1Br)Nc1cccc(N2CCCC2=O)c1. The first-order valence-corrected chi connectivity index (χ1v) is 9.06. The van der Waals surface area contributed by atoms with Gasteiger partial charge in [0, 0.05) is 28.8 Å². The van der Waals surface area contributed by atoms with Gasteiger partial charge in [0.25, 0.3) is 5.91 Å². The molecule has 1 N–H and O–H groups in total. The maximum absolute atomic E-state index is 13.1. The lowest BCUT2D eigenvalue weighted by Crippen LogP contribution is -2.24. The number of carbonyl (C=O) groups excluding carboxylic acids is 3. The molecule has 0 saturated carbocycles. The predicted octanol–water partition coefficient (Wildman–Crippen LogP) is 3.51. The average molecular weight is 435 g/mol. The molecule has 0 aliphatic carbocycles. The number of hydrogen-bond donors (Lipinski definition) is 1. The number of nitrogens with zero attached hydrogens (tertiary/aromatic N) is 1. The summed E-state index contributed by atoms with van der Waals surface area (Å²) in [6, 6.07) is 10.5. The first-order chi connectivity index (χ1) is 12.9. The molecule has 140 valence electrons. The lowest BCUT2D eigenvalue weighted by atomic mass is 10.2. The minimum absolute atomic E-state index is 0.0530. The van der Waals surface area contributed by atoms with E-state index in [9.17, 15) is 18.8 Å². The highest BCUT2D eigenvalue weighted by Crippen LogP contribution is 2.24. The van der Waals surface area contributed by atoms with E-state index >= 15 is 0 Å². The predicted molar refractivity (Wildman–Crippen MR) is 101 cm³/mol. The molecule has 27 heavy (non-hydrogen) atoms. The van der Waals surface area contributed by atoms with E-state index in [1.54, 1.807) is 29.2 Å². The molecular weight excluding hydrogens is 419 g/mol. The van der Waals surface area contributed by atoms with Gasteiger partial charge in [0.2, 0.25) is 5.91 Å². The van der Waals surface area contributed by atoms with E-state index in [0.29, 0.717) is 24.3 Å². The standard InChI is InChI=1S/C19H16BrFN2O4/c20-16-9-12(21)6-7-15(16)19(26)27-11-17(24)22-13-3-1-4-14(10-13)23-8-2-5-18(23)25/h1,3-4,6-7,9-10H,2,5,8,11H2,(H,22,24). The van der Waals surface area contributed by atoms with Gasteiger partial charge in [-0.2, -0.15) is 0 Å². The number of anilines is 2. The number of hydrogen-bond acceptors (Lipinski definition) is 4. The molecule has 0 bridgehead atoms. The summed E-state index contributed by atoms with van der Waals surface area (Å²) in [6.07, 6.45) is 1.33. The van der Waals surface area contributed by atoms with Gasteiger partial charge in [-0.1, -0.05) is 6.07 Å². The second-order valence-electron chi connectivity index (χ2n) is 5.95. The fraction of sp³-hybridized carbons (Fsp3) is 0.211. The van der Waals surface area contributed by atoms with E-state index in [-0.39, 0.29) is 15.9 Å². The molecule has 1 aliphatic rings. The molecule has 2 aromatic rings. The van der Waals surface area contributed by atoms with Crippen LogP contribution >= 0.6 is 15.9 Å². The molecule has 2 aromatic carbocycles. The Hall–Kier alpha value is -2.74. The molecular formula is C19H16BrFN2O4. The third-order valence-electron chi connectivity index (χ3n) is 4.00. The van der Waals surface area contributed by atoms with Gasteiger partial charge < -0.3 is 15.0 Å². The highest BCUT2D eigenvalue weighted by molar-refractivity contribution is 9.10. The van der Waals surface area contributed by atoms with E-state index in [2.05, 4.69) is 21.2 Å². The van der Waals surface area contributed by atoms with E-state index in [1.165, 1.54) is 6.07 Å². The van der Waals surface area contributed by atoms with Gasteiger partial charge in [-0.3, -0.25) is 9.59 Å². The molecule has 6 nitrogen and oxygen atoms in total. The van der Waals surface area contributed by atoms with E-state index in [4.69, 9.17) is 4.74 Å². The van der Waals surface area contributed by atoms with Crippen molar-refractivity contribution in [3.8, 4) is 0 Å². The second kappa shape index (κ2) is 8.30. The summed E-state index contributed by atoms with van der Waals surface area (Å²) in [6.45, 7) is 0.163. The van der Waals surface area contributed by atoms with Crippen molar-refractivity contribution >= 4 is 45.1 Å². The maximum Gasteiger partial charge on any atom is 0.339 e. The molecule has 1 aliphatic heterocycles. The average Bonchev–Trinajstić information content (AvgIpc) is 3.06. The van der Waals surface area contributed by atoms with Crippen LogP contribution in [0.5, 0.6) is 0 Å². The summed E-state index contributed by atoms with van der Waals surface area (Å²) in [5.41, 5.74) is 1.33. The Morgan fingerprint density at radius 3 is 2.74 bits per heavy atom. The molecule has 2 amide bonds. The summed E-state index contributed by atoms with van der Waals surface area (Å²) in [5, 5.41) is 2.63. The Labute approximate surface area is 163 Å².